The maximum Gasteiger partial charge on any atom is 0.261 e. The van der Waals surface area contributed by atoms with E-state index in [0.717, 1.165) is 23.2 Å². The lowest BCUT2D eigenvalue weighted by molar-refractivity contribution is 0.425. The number of hydrogen-bond acceptors (Lipinski definition) is 3. The lowest BCUT2D eigenvalue weighted by Crippen LogP contribution is -2.29. The van der Waals surface area contributed by atoms with Crippen molar-refractivity contribution < 1.29 is 12.8 Å². The molecule has 2 N–H and O–H groups in total. The maximum atomic E-state index is 14.0. The Morgan fingerprint density at radius 3 is 2.58 bits per heavy atom. The van der Waals surface area contributed by atoms with Crippen molar-refractivity contribution in [3.63, 3.8) is 0 Å². The standard InChI is InChI=1S/C24H20ClFN2O2S/c25-16-10-8-15(9-11-16)24-19-5-3-4-18(19)20-14-17(12-13-22(20)27-24)31(29,30)28-23-7-2-1-6-21(23)26/h1-4,6-14,18-19,24,27-28H,5H2/t18-,19+,24+/m0/s1. The van der Waals surface area contributed by atoms with Gasteiger partial charge in [0.1, 0.15) is 5.82 Å². The number of rotatable bonds is 4. The third-order valence-corrected chi connectivity index (χ3v) is 7.61. The van der Waals surface area contributed by atoms with Crippen molar-refractivity contribution in [1.82, 2.24) is 0 Å². The van der Waals surface area contributed by atoms with E-state index >= 15 is 0 Å². The van der Waals surface area contributed by atoms with Crippen LogP contribution in [0.3, 0.4) is 0 Å². The Bertz CT molecular complexity index is 1270. The van der Waals surface area contributed by atoms with Crippen LogP contribution in [0, 0.1) is 11.7 Å². The van der Waals surface area contributed by atoms with Crippen molar-refractivity contribution in [2.75, 3.05) is 10.0 Å². The van der Waals surface area contributed by atoms with Gasteiger partial charge in [0.25, 0.3) is 10.0 Å². The average molecular weight is 455 g/mol. The third kappa shape index (κ3) is 3.70. The molecule has 0 aromatic heterocycles. The summed E-state index contributed by atoms with van der Waals surface area (Å²) < 4.78 is 42.2. The Morgan fingerprint density at radius 2 is 1.81 bits per heavy atom. The Balaban J connectivity index is 1.50. The molecule has 0 amide bonds. The van der Waals surface area contributed by atoms with Crippen LogP contribution < -0.4 is 10.0 Å². The summed E-state index contributed by atoms with van der Waals surface area (Å²) in [6.07, 6.45) is 5.19. The second-order valence-electron chi connectivity index (χ2n) is 7.86. The van der Waals surface area contributed by atoms with Gasteiger partial charge < -0.3 is 5.32 Å². The Hall–Kier alpha value is -2.83. The first-order valence-electron chi connectivity index (χ1n) is 10.0. The molecule has 31 heavy (non-hydrogen) atoms. The van der Waals surface area contributed by atoms with Crippen LogP contribution in [0.1, 0.15) is 29.5 Å². The van der Waals surface area contributed by atoms with Gasteiger partial charge in [-0.2, -0.15) is 0 Å². The molecule has 7 heteroatoms. The highest BCUT2D eigenvalue weighted by molar-refractivity contribution is 7.92. The van der Waals surface area contributed by atoms with Gasteiger partial charge in [-0.05, 0) is 65.9 Å². The highest BCUT2D eigenvalue weighted by atomic mass is 35.5. The van der Waals surface area contributed by atoms with Gasteiger partial charge in [-0.15, -0.1) is 0 Å². The van der Waals surface area contributed by atoms with E-state index in [4.69, 9.17) is 11.6 Å². The molecular weight excluding hydrogens is 435 g/mol. The number of benzene rings is 3. The number of fused-ring (bicyclic) bond motifs is 3. The van der Waals surface area contributed by atoms with E-state index in [1.807, 2.05) is 24.3 Å². The molecule has 0 fully saturated rings. The quantitative estimate of drug-likeness (QED) is 0.468. The van der Waals surface area contributed by atoms with Crippen molar-refractivity contribution in [2.45, 2.75) is 23.3 Å². The van der Waals surface area contributed by atoms with Crippen LogP contribution in [-0.2, 0) is 10.0 Å². The van der Waals surface area contributed by atoms with Gasteiger partial charge in [-0.1, -0.05) is 48.0 Å². The Labute approximate surface area is 185 Å². The molecule has 0 unspecified atom stereocenters. The highest BCUT2D eigenvalue weighted by Crippen LogP contribution is 2.50. The van der Waals surface area contributed by atoms with Crippen molar-refractivity contribution >= 4 is 33.0 Å². The molecule has 0 saturated carbocycles. The monoisotopic (exact) mass is 454 g/mol. The van der Waals surface area contributed by atoms with E-state index in [0.29, 0.717) is 5.02 Å². The van der Waals surface area contributed by atoms with Gasteiger partial charge in [-0.3, -0.25) is 4.72 Å². The van der Waals surface area contributed by atoms with Gasteiger partial charge in [0.05, 0.1) is 16.6 Å². The smallest absolute Gasteiger partial charge is 0.261 e. The first-order valence-corrected chi connectivity index (χ1v) is 11.9. The molecule has 3 aromatic rings. The van der Waals surface area contributed by atoms with Crippen LogP contribution in [0.25, 0.3) is 0 Å². The van der Waals surface area contributed by atoms with Crippen molar-refractivity contribution in [3.05, 3.63) is 101 Å². The number of nitrogens with one attached hydrogen (secondary N) is 2. The number of halogens is 2. The van der Waals surface area contributed by atoms with Gasteiger partial charge >= 0.3 is 0 Å². The fourth-order valence-corrected chi connectivity index (χ4v) is 5.72. The van der Waals surface area contributed by atoms with Crippen LogP contribution in [-0.4, -0.2) is 8.42 Å². The number of hydrogen-bond donors (Lipinski definition) is 2. The third-order valence-electron chi connectivity index (χ3n) is 5.99. The lowest BCUT2D eigenvalue weighted by atomic mass is 9.77. The second kappa shape index (κ2) is 7.70. The molecule has 1 aliphatic carbocycles. The first kappa shape index (κ1) is 20.1. The normalized spacial score (nSPS) is 21.8. The fourth-order valence-electron chi connectivity index (χ4n) is 4.49. The molecule has 4 nitrogen and oxygen atoms in total. The van der Waals surface area contributed by atoms with Crippen molar-refractivity contribution in [2.24, 2.45) is 5.92 Å². The number of para-hydroxylation sites is 1. The molecule has 0 radical (unpaired) electrons. The summed E-state index contributed by atoms with van der Waals surface area (Å²) in [6.45, 7) is 0. The van der Waals surface area contributed by atoms with Crippen LogP contribution in [0.15, 0.2) is 83.8 Å². The highest BCUT2D eigenvalue weighted by Gasteiger charge is 2.38. The van der Waals surface area contributed by atoms with Crippen LogP contribution >= 0.6 is 11.6 Å². The molecule has 158 valence electrons. The molecule has 1 heterocycles. The molecule has 0 spiro atoms. The summed E-state index contributed by atoms with van der Waals surface area (Å²) in [7, 11) is -3.93. The SMILES string of the molecule is O=S(=O)(Nc1ccccc1F)c1ccc2c(c1)[C@H]1C=CC[C@H]1[C@@H](c1ccc(Cl)cc1)N2. The largest absolute Gasteiger partial charge is 0.378 e. The summed E-state index contributed by atoms with van der Waals surface area (Å²) in [5.41, 5.74) is 2.91. The predicted octanol–water partition coefficient (Wildman–Crippen LogP) is 6.11. The predicted molar refractivity (Wildman–Crippen MR) is 121 cm³/mol. The molecule has 2 aliphatic rings. The minimum Gasteiger partial charge on any atom is -0.378 e. The van der Waals surface area contributed by atoms with E-state index in [2.05, 4.69) is 22.2 Å². The van der Waals surface area contributed by atoms with Crippen molar-refractivity contribution in [3.8, 4) is 0 Å². The summed E-state index contributed by atoms with van der Waals surface area (Å²) >= 11 is 6.05. The van der Waals surface area contributed by atoms with Gasteiger partial charge in [0.15, 0.2) is 0 Å². The topological polar surface area (TPSA) is 58.2 Å². The zero-order valence-electron chi connectivity index (χ0n) is 16.4. The summed E-state index contributed by atoms with van der Waals surface area (Å²) in [6, 6.07) is 18.7. The minimum absolute atomic E-state index is 0.0696. The molecule has 5 rings (SSSR count). The number of allylic oxidation sites excluding steroid dienone is 2. The fraction of sp³-hybridized carbons (Fsp3) is 0.167. The molecule has 1 aliphatic heterocycles. The second-order valence-corrected chi connectivity index (χ2v) is 9.98. The molecular formula is C24H20ClFN2O2S. The van der Waals surface area contributed by atoms with Crippen molar-refractivity contribution in [1.29, 1.82) is 0 Å². The average Bonchev–Trinajstić information content (AvgIpc) is 3.25. The van der Waals surface area contributed by atoms with E-state index < -0.39 is 15.8 Å². The Kier molecular flexibility index (Phi) is 4.99. The minimum atomic E-state index is -3.93. The lowest BCUT2D eigenvalue weighted by Gasteiger charge is -2.37. The summed E-state index contributed by atoms with van der Waals surface area (Å²) in [5.74, 6) is -0.248. The Morgan fingerprint density at radius 1 is 1.03 bits per heavy atom. The van der Waals surface area contributed by atoms with E-state index in [9.17, 15) is 12.8 Å². The summed E-state index contributed by atoms with van der Waals surface area (Å²) in [5, 5.41) is 4.28. The van der Waals surface area contributed by atoms with Crippen LogP contribution in [0.5, 0.6) is 0 Å². The molecule has 3 atom stereocenters. The van der Waals surface area contributed by atoms with Crippen LogP contribution in [0.2, 0.25) is 5.02 Å². The van der Waals surface area contributed by atoms with Crippen LogP contribution in [0.4, 0.5) is 15.8 Å². The first-order chi connectivity index (χ1) is 14.9. The van der Waals surface area contributed by atoms with Gasteiger partial charge in [0, 0.05) is 16.6 Å². The molecule has 0 saturated heterocycles. The summed E-state index contributed by atoms with van der Waals surface area (Å²) in [4.78, 5) is 0.111. The van der Waals surface area contributed by atoms with E-state index in [1.54, 1.807) is 24.3 Å². The zero-order chi connectivity index (χ0) is 21.6. The zero-order valence-corrected chi connectivity index (χ0v) is 18.0. The maximum absolute atomic E-state index is 14.0. The number of sulfonamides is 1. The number of anilines is 2. The van der Waals surface area contributed by atoms with E-state index in [-0.39, 0.29) is 28.5 Å². The molecule has 0 bridgehead atoms. The van der Waals surface area contributed by atoms with E-state index in [1.165, 1.54) is 18.2 Å². The van der Waals surface area contributed by atoms with Gasteiger partial charge in [0.2, 0.25) is 0 Å². The van der Waals surface area contributed by atoms with Gasteiger partial charge in [-0.25, -0.2) is 12.8 Å². The molecule has 3 aromatic carbocycles.